The molecule has 0 fully saturated rings. The highest BCUT2D eigenvalue weighted by Crippen LogP contribution is 2.20. The Bertz CT molecular complexity index is 624. The van der Waals surface area contributed by atoms with Crippen LogP contribution in [0, 0.1) is 6.92 Å². The second-order valence-electron chi connectivity index (χ2n) is 4.64. The summed E-state index contributed by atoms with van der Waals surface area (Å²) in [6.45, 7) is 2.68. The number of rotatable bonds is 4. The van der Waals surface area contributed by atoms with Gasteiger partial charge in [0.25, 0.3) is 0 Å². The molecule has 2 aromatic carbocycles. The third-order valence-electron chi connectivity index (χ3n) is 3.01. The largest absolute Gasteiger partial charge is 0.465 e. The molecule has 2 rings (SSSR count). The maximum Gasteiger partial charge on any atom is 0.340 e. The van der Waals surface area contributed by atoms with Crippen molar-refractivity contribution in [2.24, 2.45) is 0 Å². The Labute approximate surface area is 118 Å². The van der Waals surface area contributed by atoms with Crippen molar-refractivity contribution in [2.45, 2.75) is 13.5 Å². The number of carbonyl (C=O) groups is 1. The quantitative estimate of drug-likeness (QED) is 0.662. The van der Waals surface area contributed by atoms with Gasteiger partial charge in [-0.05, 0) is 30.7 Å². The number of hydrogen-bond acceptors (Lipinski definition) is 4. The molecule has 0 atom stereocenters. The normalized spacial score (nSPS) is 10.1. The summed E-state index contributed by atoms with van der Waals surface area (Å²) in [5, 5.41) is 3.24. The summed E-state index contributed by atoms with van der Waals surface area (Å²) < 4.78 is 4.77. The molecule has 0 saturated carbocycles. The third kappa shape index (κ3) is 3.29. The minimum atomic E-state index is -0.399. The van der Waals surface area contributed by atoms with Crippen molar-refractivity contribution < 1.29 is 9.53 Å². The predicted molar refractivity (Wildman–Crippen MR) is 80.7 cm³/mol. The number of methoxy groups -OCH3 is 1. The first-order valence-corrected chi connectivity index (χ1v) is 6.37. The van der Waals surface area contributed by atoms with Crippen LogP contribution >= 0.6 is 0 Å². The van der Waals surface area contributed by atoms with Crippen LogP contribution < -0.4 is 11.1 Å². The molecule has 4 heteroatoms. The van der Waals surface area contributed by atoms with Crippen molar-refractivity contribution >= 4 is 17.3 Å². The Hall–Kier alpha value is -2.49. The average molecular weight is 270 g/mol. The topological polar surface area (TPSA) is 64.3 Å². The number of benzene rings is 2. The Kier molecular flexibility index (Phi) is 4.25. The molecule has 0 radical (unpaired) electrons. The zero-order valence-electron chi connectivity index (χ0n) is 11.6. The lowest BCUT2D eigenvalue weighted by atomic mass is 10.1. The van der Waals surface area contributed by atoms with Gasteiger partial charge in [0, 0.05) is 17.9 Å². The molecule has 2 aromatic rings. The predicted octanol–water partition coefficient (Wildman–Crippen LogP) is 2.98. The third-order valence-corrected chi connectivity index (χ3v) is 3.01. The summed E-state index contributed by atoms with van der Waals surface area (Å²) in [4.78, 5) is 11.7. The van der Waals surface area contributed by atoms with Gasteiger partial charge < -0.3 is 15.8 Å². The molecule has 104 valence electrons. The number of nitrogens with two attached hydrogens (primary N) is 1. The molecule has 0 saturated heterocycles. The smallest absolute Gasteiger partial charge is 0.340 e. The number of aryl methyl sites for hydroxylation is 1. The van der Waals surface area contributed by atoms with E-state index in [1.165, 1.54) is 12.7 Å². The first-order valence-electron chi connectivity index (χ1n) is 6.37. The molecule has 0 heterocycles. The van der Waals surface area contributed by atoms with E-state index in [0.29, 0.717) is 23.5 Å². The average Bonchev–Trinajstić information content (AvgIpc) is 2.45. The first kappa shape index (κ1) is 13.9. The number of ether oxygens (including phenoxy) is 1. The van der Waals surface area contributed by atoms with Gasteiger partial charge in [-0.1, -0.05) is 29.8 Å². The van der Waals surface area contributed by atoms with Gasteiger partial charge in [-0.15, -0.1) is 0 Å². The zero-order valence-corrected chi connectivity index (χ0v) is 11.6. The van der Waals surface area contributed by atoms with Crippen LogP contribution in [0.25, 0.3) is 0 Å². The van der Waals surface area contributed by atoms with Crippen molar-refractivity contribution in [3.8, 4) is 0 Å². The molecule has 0 aromatic heterocycles. The van der Waals surface area contributed by atoms with E-state index in [0.717, 1.165) is 5.56 Å². The first-order chi connectivity index (χ1) is 9.60. The summed E-state index contributed by atoms with van der Waals surface area (Å²) in [5.74, 6) is -0.399. The van der Waals surface area contributed by atoms with Gasteiger partial charge in [0.2, 0.25) is 0 Å². The van der Waals surface area contributed by atoms with Crippen molar-refractivity contribution in [2.75, 3.05) is 18.2 Å². The van der Waals surface area contributed by atoms with Crippen LogP contribution in [0.5, 0.6) is 0 Å². The number of nitrogen functional groups attached to an aromatic ring is 1. The summed E-state index contributed by atoms with van der Waals surface area (Å²) >= 11 is 0. The van der Waals surface area contributed by atoms with E-state index in [4.69, 9.17) is 10.5 Å². The lowest BCUT2D eigenvalue weighted by molar-refractivity contribution is 0.0602. The van der Waals surface area contributed by atoms with Crippen molar-refractivity contribution in [1.29, 1.82) is 0 Å². The van der Waals surface area contributed by atoms with Gasteiger partial charge in [-0.2, -0.15) is 0 Å². The molecule has 4 nitrogen and oxygen atoms in total. The molecule has 0 aliphatic heterocycles. The van der Waals surface area contributed by atoms with Crippen LogP contribution in [0.3, 0.4) is 0 Å². The number of anilines is 2. The lowest BCUT2D eigenvalue weighted by Gasteiger charge is -2.12. The van der Waals surface area contributed by atoms with E-state index in [9.17, 15) is 4.79 Å². The SMILES string of the molecule is COC(=O)c1cc(N)ccc1NCc1cccc(C)c1. The standard InChI is InChI=1S/C16H18N2O2/c1-11-4-3-5-12(8-11)10-18-15-7-6-13(17)9-14(15)16(19)20-2/h3-9,18H,10,17H2,1-2H3. The van der Waals surface area contributed by atoms with Crippen LogP contribution in [0.15, 0.2) is 42.5 Å². The molecule has 0 amide bonds. The highest BCUT2D eigenvalue weighted by Gasteiger charge is 2.12. The summed E-state index contributed by atoms with van der Waals surface area (Å²) in [6.07, 6.45) is 0. The van der Waals surface area contributed by atoms with Crippen LogP contribution in [-0.2, 0) is 11.3 Å². The second-order valence-corrected chi connectivity index (χ2v) is 4.64. The van der Waals surface area contributed by atoms with E-state index in [2.05, 4.69) is 11.4 Å². The maximum absolute atomic E-state index is 11.7. The molecule has 0 aliphatic rings. The Morgan fingerprint density at radius 3 is 2.75 bits per heavy atom. The molecular formula is C16H18N2O2. The van der Waals surface area contributed by atoms with Gasteiger partial charge in [-0.3, -0.25) is 0 Å². The molecule has 3 N–H and O–H groups in total. The van der Waals surface area contributed by atoms with Gasteiger partial charge in [0.1, 0.15) is 0 Å². The van der Waals surface area contributed by atoms with Gasteiger partial charge in [0.05, 0.1) is 12.7 Å². The van der Waals surface area contributed by atoms with Crippen molar-refractivity contribution in [1.82, 2.24) is 0 Å². The highest BCUT2D eigenvalue weighted by atomic mass is 16.5. The second kappa shape index (κ2) is 6.10. The fourth-order valence-corrected chi connectivity index (χ4v) is 2.01. The Morgan fingerprint density at radius 2 is 2.05 bits per heavy atom. The number of carbonyl (C=O) groups excluding carboxylic acids is 1. The Balaban J connectivity index is 2.19. The number of esters is 1. The van der Waals surface area contributed by atoms with E-state index in [1.807, 2.05) is 25.1 Å². The summed E-state index contributed by atoms with van der Waals surface area (Å²) in [6, 6.07) is 13.4. The molecule has 0 bridgehead atoms. The van der Waals surface area contributed by atoms with Crippen LogP contribution in [0.1, 0.15) is 21.5 Å². The minimum absolute atomic E-state index is 0.399. The number of hydrogen-bond donors (Lipinski definition) is 2. The molecule has 20 heavy (non-hydrogen) atoms. The van der Waals surface area contributed by atoms with Crippen LogP contribution in [-0.4, -0.2) is 13.1 Å². The summed E-state index contributed by atoms with van der Waals surface area (Å²) in [5.41, 5.74) is 9.76. The molecule has 0 aliphatic carbocycles. The molecule has 0 spiro atoms. The molecular weight excluding hydrogens is 252 g/mol. The van der Waals surface area contributed by atoms with Gasteiger partial charge in [0.15, 0.2) is 0 Å². The fraction of sp³-hybridized carbons (Fsp3) is 0.188. The fourth-order valence-electron chi connectivity index (χ4n) is 2.01. The summed E-state index contributed by atoms with van der Waals surface area (Å²) in [7, 11) is 1.36. The molecule has 0 unspecified atom stereocenters. The zero-order chi connectivity index (χ0) is 14.5. The highest BCUT2D eigenvalue weighted by molar-refractivity contribution is 5.96. The van der Waals surface area contributed by atoms with Gasteiger partial charge in [-0.25, -0.2) is 4.79 Å². The number of nitrogens with one attached hydrogen (secondary N) is 1. The van der Waals surface area contributed by atoms with Crippen LogP contribution in [0.2, 0.25) is 0 Å². The monoisotopic (exact) mass is 270 g/mol. The van der Waals surface area contributed by atoms with Gasteiger partial charge >= 0.3 is 5.97 Å². The Morgan fingerprint density at radius 1 is 1.25 bits per heavy atom. The van der Waals surface area contributed by atoms with Crippen molar-refractivity contribution in [3.63, 3.8) is 0 Å². The van der Waals surface area contributed by atoms with Crippen LogP contribution in [0.4, 0.5) is 11.4 Å². The van der Waals surface area contributed by atoms with E-state index < -0.39 is 5.97 Å². The minimum Gasteiger partial charge on any atom is -0.465 e. The lowest BCUT2D eigenvalue weighted by Crippen LogP contribution is -2.09. The van der Waals surface area contributed by atoms with E-state index >= 15 is 0 Å². The van der Waals surface area contributed by atoms with E-state index in [-0.39, 0.29) is 0 Å². The van der Waals surface area contributed by atoms with Crippen molar-refractivity contribution in [3.05, 3.63) is 59.2 Å². The maximum atomic E-state index is 11.7. The van der Waals surface area contributed by atoms with E-state index in [1.54, 1.807) is 18.2 Å².